The van der Waals surface area contributed by atoms with E-state index >= 15 is 0 Å². The van der Waals surface area contributed by atoms with Crippen LogP contribution in [0.1, 0.15) is 18.4 Å². The Morgan fingerprint density at radius 1 is 1.15 bits per heavy atom. The summed E-state index contributed by atoms with van der Waals surface area (Å²) in [5.41, 5.74) is 2.63. The van der Waals surface area contributed by atoms with Crippen LogP contribution < -0.4 is 14.8 Å². The number of amides is 1. The summed E-state index contributed by atoms with van der Waals surface area (Å²) in [4.78, 5) is 17.7. The second kappa shape index (κ2) is 9.50. The average Bonchev–Trinajstić information content (AvgIpc) is 3.49. The molecule has 1 fully saturated rings. The monoisotopic (exact) mass is 487 g/mol. The summed E-state index contributed by atoms with van der Waals surface area (Å²) < 4.78 is 38.0. The van der Waals surface area contributed by atoms with Crippen molar-refractivity contribution < 1.29 is 22.7 Å². The highest BCUT2D eigenvalue weighted by Crippen LogP contribution is 2.31. The molecule has 10 heteroatoms. The third-order valence-electron chi connectivity index (χ3n) is 5.60. The number of thiazole rings is 1. The molecule has 1 aliphatic heterocycles. The summed E-state index contributed by atoms with van der Waals surface area (Å²) in [5.74, 6) is 0.981. The molecule has 174 valence electrons. The fourth-order valence-corrected chi connectivity index (χ4v) is 6.24. The van der Waals surface area contributed by atoms with Crippen molar-refractivity contribution in [1.82, 2.24) is 9.29 Å². The minimum absolute atomic E-state index is 0.134. The number of sulfonamides is 1. The van der Waals surface area contributed by atoms with Gasteiger partial charge in [-0.2, -0.15) is 4.31 Å². The minimum atomic E-state index is -3.81. The Morgan fingerprint density at radius 3 is 2.58 bits per heavy atom. The maximum absolute atomic E-state index is 13.2. The van der Waals surface area contributed by atoms with Crippen molar-refractivity contribution in [3.05, 3.63) is 53.4 Å². The van der Waals surface area contributed by atoms with Gasteiger partial charge in [-0.15, -0.1) is 11.3 Å². The molecule has 1 N–H and O–H groups in total. The lowest BCUT2D eigenvalue weighted by Crippen LogP contribution is -2.43. The summed E-state index contributed by atoms with van der Waals surface area (Å²) in [6, 6.07) is 11.1. The fraction of sp³-hybridized carbons (Fsp3) is 0.304. The van der Waals surface area contributed by atoms with Gasteiger partial charge in [0.25, 0.3) is 0 Å². The summed E-state index contributed by atoms with van der Waals surface area (Å²) in [7, 11) is -0.669. The molecule has 0 aliphatic carbocycles. The first-order valence-corrected chi connectivity index (χ1v) is 12.7. The molecule has 0 saturated carbocycles. The van der Waals surface area contributed by atoms with Crippen molar-refractivity contribution in [2.45, 2.75) is 30.7 Å². The van der Waals surface area contributed by atoms with Gasteiger partial charge in [0.1, 0.15) is 17.5 Å². The van der Waals surface area contributed by atoms with Gasteiger partial charge in [-0.3, -0.25) is 4.79 Å². The van der Waals surface area contributed by atoms with Crippen LogP contribution in [0.5, 0.6) is 11.5 Å². The van der Waals surface area contributed by atoms with E-state index in [0.717, 1.165) is 22.6 Å². The highest BCUT2D eigenvalue weighted by Gasteiger charge is 2.39. The van der Waals surface area contributed by atoms with E-state index in [1.807, 2.05) is 30.5 Å². The molecule has 1 aromatic heterocycles. The van der Waals surface area contributed by atoms with Crippen molar-refractivity contribution >= 4 is 32.4 Å². The Balaban J connectivity index is 1.49. The first-order chi connectivity index (χ1) is 15.8. The zero-order valence-corrected chi connectivity index (χ0v) is 20.2. The third kappa shape index (κ3) is 4.73. The third-order valence-corrected chi connectivity index (χ3v) is 8.28. The lowest BCUT2D eigenvalue weighted by molar-refractivity contribution is -0.119. The Kier molecular flexibility index (Phi) is 6.68. The van der Waals surface area contributed by atoms with Crippen LogP contribution in [0.4, 0.5) is 5.13 Å². The van der Waals surface area contributed by atoms with Crippen LogP contribution in [0, 0.1) is 6.92 Å². The van der Waals surface area contributed by atoms with Gasteiger partial charge in [0.15, 0.2) is 5.13 Å². The standard InChI is InChI=1S/C23H25N3O5S2/c1-15-13-16(6-11-21(15)31-3)19-14-32-23(24-19)25-22(27)20-5-4-12-26(20)33(28,29)18-9-7-17(30-2)8-10-18/h6-11,13-14,20H,4-5,12H2,1-3H3,(H,24,25,27). The van der Waals surface area contributed by atoms with Gasteiger partial charge >= 0.3 is 0 Å². The quantitative estimate of drug-likeness (QED) is 0.542. The molecule has 0 spiro atoms. The van der Waals surface area contributed by atoms with E-state index in [1.54, 1.807) is 19.2 Å². The molecule has 1 atom stereocenters. The summed E-state index contributed by atoms with van der Waals surface area (Å²) in [6.07, 6.45) is 1.07. The van der Waals surface area contributed by atoms with Crippen LogP contribution in [-0.2, 0) is 14.8 Å². The molecular weight excluding hydrogens is 462 g/mol. The van der Waals surface area contributed by atoms with E-state index in [0.29, 0.717) is 30.3 Å². The van der Waals surface area contributed by atoms with Gasteiger partial charge in [-0.25, -0.2) is 13.4 Å². The summed E-state index contributed by atoms with van der Waals surface area (Å²) in [5, 5.41) is 5.09. The number of benzene rings is 2. The second-order valence-electron chi connectivity index (χ2n) is 7.66. The van der Waals surface area contributed by atoms with Gasteiger partial charge in [-0.05, 0) is 67.8 Å². The fourth-order valence-electron chi connectivity index (χ4n) is 3.86. The molecule has 2 aromatic carbocycles. The molecule has 4 rings (SSSR count). The smallest absolute Gasteiger partial charge is 0.244 e. The van der Waals surface area contributed by atoms with Crippen LogP contribution in [0.15, 0.2) is 52.7 Å². The summed E-state index contributed by atoms with van der Waals surface area (Å²) in [6.45, 7) is 2.25. The van der Waals surface area contributed by atoms with Gasteiger partial charge in [0.05, 0.1) is 24.8 Å². The first kappa shape index (κ1) is 23.2. The van der Waals surface area contributed by atoms with Crippen LogP contribution >= 0.6 is 11.3 Å². The summed E-state index contributed by atoms with van der Waals surface area (Å²) >= 11 is 1.30. The largest absolute Gasteiger partial charge is 0.497 e. The second-order valence-corrected chi connectivity index (χ2v) is 10.4. The van der Waals surface area contributed by atoms with E-state index in [-0.39, 0.29) is 10.8 Å². The van der Waals surface area contributed by atoms with Gasteiger partial charge < -0.3 is 14.8 Å². The lowest BCUT2D eigenvalue weighted by Gasteiger charge is -2.23. The van der Waals surface area contributed by atoms with E-state index in [2.05, 4.69) is 10.3 Å². The topological polar surface area (TPSA) is 97.8 Å². The molecule has 1 amide bonds. The number of carbonyl (C=O) groups is 1. The number of carbonyl (C=O) groups excluding carboxylic acids is 1. The average molecular weight is 488 g/mol. The molecule has 1 aliphatic rings. The van der Waals surface area contributed by atoms with Crippen molar-refractivity contribution in [1.29, 1.82) is 0 Å². The Hall–Kier alpha value is -2.95. The van der Waals surface area contributed by atoms with E-state index in [1.165, 1.54) is 34.9 Å². The van der Waals surface area contributed by atoms with Crippen molar-refractivity contribution in [2.75, 3.05) is 26.1 Å². The Bertz CT molecular complexity index is 1260. The van der Waals surface area contributed by atoms with Crippen LogP contribution in [0.3, 0.4) is 0 Å². The highest BCUT2D eigenvalue weighted by atomic mass is 32.2. The molecule has 33 heavy (non-hydrogen) atoms. The molecule has 3 aromatic rings. The minimum Gasteiger partial charge on any atom is -0.497 e. The maximum Gasteiger partial charge on any atom is 0.244 e. The van der Waals surface area contributed by atoms with Crippen LogP contribution in [0.25, 0.3) is 11.3 Å². The number of hydrogen-bond donors (Lipinski definition) is 1. The molecular formula is C23H25N3O5S2. The first-order valence-electron chi connectivity index (χ1n) is 10.4. The number of methoxy groups -OCH3 is 2. The van der Waals surface area contributed by atoms with Crippen LogP contribution in [0.2, 0.25) is 0 Å². The molecule has 0 bridgehead atoms. The van der Waals surface area contributed by atoms with E-state index < -0.39 is 16.1 Å². The number of ether oxygens (including phenoxy) is 2. The lowest BCUT2D eigenvalue weighted by atomic mass is 10.1. The zero-order valence-electron chi connectivity index (χ0n) is 18.6. The predicted octanol–water partition coefficient (Wildman–Crippen LogP) is 3.93. The Morgan fingerprint density at radius 2 is 1.91 bits per heavy atom. The SMILES string of the molecule is COc1ccc(S(=O)(=O)N2CCCC2C(=O)Nc2nc(-c3ccc(OC)c(C)c3)cs2)cc1. The van der Waals surface area contributed by atoms with Gasteiger partial charge in [-0.1, -0.05) is 0 Å². The number of rotatable bonds is 7. The zero-order chi connectivity index (χ0) is 23.6. The molecule has 1 unspecified atom stereocenters. The molecule has 8 nitrogen and oxygen atoms in total. The van der Waals surface area contributed by atoms with Crippen molar-refractivity contribution in [2.24, 2.45) is 0 Å². The predicted molar refractivity (Wildman–Crippen MR) is 127 cm³/mol. The number of anilines is 1. The van der Waals surface area contributed by atoms with Gasteiger partial charge in [0, 0.05) is 17.5 Å². The van der Waals surface area contributed by atoms with E-state index in [4.69, 9.17) is 9.47 Å². The molecule has 0 radical (unpaired) electrons. The highest BCUT2D eigenvalue weighted by molar-refractivity contribution is 7.89. The maximum atomic E-state index is 13.2. The molecule has 2 heterocycles. The van der Waals surface area contributed by atoms with Crippen molar-refractivity contribution in [3.63, 3.8) is 0 Å². The number of aryl methyl sites for hydroxylation is 1. The van der Waals surface area contributed by atoms with Crippen molar-refractivity contribution in [3.8, 4) is 22.8 Å². The number of nitrogens with one attached hydrogen (secondary N) is 1. The van der Waals surface area contributed by atoms with Crippen LogP contribution in [-0.4, -0.2) is 50.4 Å². The normalized spacial score (nSPS) is 16.5. The Labute approximate surface area is 197 Å². The number of nitrogens with zero attached hydrogens (tertiary/aromatic N) is 2. The number of aromatic nitrogens is 1. The van der Waals surface area contributed by atoms with Gasteiger partial charge in [0.2, 0.25) is 15.9 Å². The molecule has 1 saturated heterocycles. The number of hydrogen-bond acceptors (Lipinski definition) is 7. The van der Waals surface area contributed by atoms with E-state index in [9.17, 15) is 13.2 Å².